The summed E-state index contributed by atoms with van der Waals surface area (Å²) in [5.41, 5.74) is 1.50. The standard InChI is InChI=1S/C26H36N2O5S/c1-7-20-9-8-10-21(12-11-20)19-22(27-25(29)33-26(2,3)4)17-18-28(5)34(30,31)24-15-13-23(32-6)14-16-24/h7-9,11-16,22H,1,10,17-19H2,2-6H3,(H,27,29)/t22-/m1/s1. The third-order valence-electron chi connectivity index (χ3n) is 5.23. The molecule has 0 saturated heterocycles. The average Bonchev–Trinajstić information content (AvgIpc) is 3.00. The molecule has 0 aliphatic heterocycles. The average molecular weight is 489 g/mol. The number of benzene rings is 1. The minimum absolute atomic E-state index is 0.186. The van der Waals surface area contributed by atoms with Crippen molar-refractivity contribution >= 4 is 16.1 Å². The Morgan fingerprint density at radius 1 is 1.24 bits per heavy atom. The Kier molecular flexibility index (Phi) is 9.70. The Labute approximate surface area is 203 Å². The van der Waals surface area contributed by atoms with Crippen molar-refractivity contribution in [2.75, 3.05) is 20.7 Å². The number of rotatable bonds is 10. The molecule has 0 spiro atoms. The van der Waals surface area contributed by atoms with Gasteiger partial charge in [0.2, 0.25) is 10.0 Å². The predicted molar refractivity (Wildman–Crippen MR) is 135 cm³/mol. The van der Waals surface area contributed by atoms with Crippen molar-refractivity contribution in [1.82, 2.24) is 9.62 Å². The van der Waals surface area contributed by atoms with Crippen LogP contribution in [0.15, 0.2) is 77.3 Å². The number of nitrogens with zero attached hydrogens (tertiary/aromatic N) is 1. The summed E-state index contributed by atoms with van der Waals surface area (Å²) < 4.78 is 37.8. The van der Waals surface area contributed by atoms with Crippen molar-refractivity contribution in [3.63, 3.8) is 0 Å². The third-order valence-corrected chi connectivity index (χ3v) is 7.10. The first kappa shape index (κ1) is 27.4. The molecule has 0 aromatic heterocycles. The second-order valence-electron chi connectivity index (χ2n) is 9.14. The maximum Gasteiger partial charge on any atom is 0.407 e. The number of alkyl carbamates (subject to hydrolysis) is 1. The SMILES string of the molecule is C=CC1=CC=C(C[C@@H](CCN(C)S(=O)(=O)c2ccc(OC)cc2)NC(=O)OC(C)(C)C)CC=C1. The summed E-state index contributed by atoms with van der Waals surface area (Å²) >= 11 is 0. The van der Waals surface area contributed by atoms with Gasteiger partial charge in [-0.2, -0.15) is 0 Å². The van der Waals surface area contributed by atoms with Gasteiger partial charge in [-0.1, -0.05) is 42.5 Å². The molecular formula is C26H36N2O5S. The topological polar surface area (TPSA) is 84.9 Å². The summed E-state index contributed by atoms with van der Waals surface area (Å²) in [4.78, 5) is 12.7. The zero-order valence-electron chi connectivity index (χ0n) is 20.7. The zero-order valence-corrected chi connectivity index (χ0v) is 21.5. The number of amides is 1. The molecule has 186 valence electrons. The lowest BCUT2D eigenvalue weighted by molar-refractivity contribution is 0.0501. The largest absolute Gasteiger partial charge is 0.497 e. The molecule has 8 heteroatoms. The fourth-order valence-electron chi connectivity index (χ4n) is 3.37. The molecule has 1 amide bonds. The van der Waals surface area contributed by atoms with Gasteiger partial charge in [-0.05, 0) is 69.9 Å². The van der Waals surface area contributed by atoms with Crippen molar-refractivity contribution in [1.29, 1.82) is 0 Å². The van der Waals surface area contributed by atoms with E-state index in [0.29, 0.717) is 18.6 Å². The number of allylic oxidation sites excluding steroid dienone is 6. The van der Waals surface area contributed by atoms with Gasteiger partial charge in [0.1, 0.15) is 11.4 Å². The second-order valence-corrected chi connectivity index (χ2v) is 11.2. The van der Waals surface area contributed by atoms with Crippen molar-refractivity contribution in [2.45, 2.75) is 56.6 Å². The van der Waals surface area contributed by atoms with Gasteiger partial charge in [0.25, 0.3) is 0 Å². The van der Waals surface area contributed by atoms with Gasteiger partial charge in [-0.15, -0.1) is 0 Å². The molecule has 1 aromatic carbocycles. The van der Waals surface area contributed by atoms with Crippen molar-refractivity contribution in [3.8, 4) is 5.75 Å². The van der Waals surface area contributed by atoms with E-state index in [1.807, 2.05) is 18.2 Å². The molecule has 1 N–H and O–H groups in total. The summed E-state index contributed by atoms with van der Waals surface area (Å²) in [6, 6.07) is 5.97. The predicted octanol–water partition coefficient (Wildman–Crippen LogP) is 4.99. The van der Waals surface area contributed by atoms with Gasteiger partial charge >= 0.3 is 6.09 Å². The van der Waals surface area contributed by atoms with E-state index in [0.717, 1.165) is 17.6 Å². The minimum Gasteiger partial charge on any atom is -0.497 e. The van der Waals surface area contributed by atoms with E-state index in [2.05, 4.69) is 18.0 Å². The fraction of sp³-hybridized carbons (Fsp3) is 0.423. The first-order valence-corrected chi connectivity index (χ1v) is 12.7. The van der Waals surface area contributed by atoms with Crippen LogP contribution in [0.2, 0.25) is 0 Å². The van der Waals surface area contributed by atoms with Crippen LogP contribution in [0.1, 0.15) is 40.0 Å². The number of carbonyl (C=O) groups is 1. The first-order valence-electron chi connectivity index (χ1n) is 11.2. The monoisotopic (exact) mass is 488 g/mol. The lowest BCUT2D eigenvalue weighted by atomic mass is 10.0. The number of hydrogen-bond acceptors (Lipinski definition) is 5. The van der Waals surface area contributed by atoms with Crippen LogP contribution >= 0.6 is 0 Å². The molecule has 0 saturated carbocycles. The highest BCUT2D eigenvalue weighted by molar-refractivity contribution is 7.89. The summed E-state index contributed by atoms with van der Waals surface area (Å²) in [5, 5.41) is 2.92. The molecule has 2 rings (SSSR count). The van der Waals surface area contributed by atoms with E-state index in [1.165, 1.54) is 30.6 Å². The molecular weight excluding hydrogens is 452 g/mol. The fourth-order valence-corrected chi connectivity index (χ4v) is 4.56. The minimum atomic E-state index is -3.68. The van der Waals surface area contributed by atoms with Crippen LogP contribution < -0.4 is 10.1 Å². The summed E-state index contributed by atoms with van der Waals surface area (Å²) in [6.45, 7) is 9.44. The summed E-state index contributed by atoms with van der Waals surface area (Å²) in [5.74, 6) is 0.586. The maximum atomic E-state index is 13.0. The highest BCUT2D eigenvalue weighted by Crippen LogP contribution is 2.21. The quantitative estimate of drug-likeness (QED) is 0.502. The van der Waals surface area contributed by atoms with Gasteiger partial charge < -0.3 is 14.8 Å². The van der Waals surface area contributed by atoms with Crippen LogP contribution in [0.4, 0.5) is 4.79 Å². The molecule has 7 nitrogen and oxygen atoms in total. The van der Waals surface area contributed by atoms with Crippen molar-refractivity contribution in [3.05, 3.63) is 72.4 Å². The maximum absolute atomic E-state index is 13.0. The third kappa shape index (κ3) is 8.50. The number of nitrogens with one attached hydrogen (secondary N) is 1. The van der Waals surface area contributed by atoms with Gasteiger partial charge in [0, 0.05) is 19.6 Å². The first-order chi connectivity index (χ1) is 15.9. The number of methoxy groups -OCH3 is 1. The molecule has 1 aliphatic carbocycles. The number of hydrogen-bond donors (Lipinski definition) is 1. The highest BCUT2D eigenvalue weighted by atomic mass is 32.2. The summed E-state index contributed by atoms with van der Waals surface area (Å²) in [7, 11) is -0.612. The number of carbonyl (C=O) groups excluding carboxylic acids is 1. The van der Waals surface area contributed by atoms with E-state index < -0.39 is 21.7 Å². The summed E-state index contributed by atoms with van der Waals surface area (Å²) in [6.07, 6.45) is 11.1. The van der Waals surface area contributed by atoms with Crippen molar-refractivity contribution < 1.29 is 22.7 Å². The normalized spacial score (nSPS) is 15.1. The molecule has 0 fully saturated rings. The van der Waals surface area contributed by atoms with E-state index in [-0.39, 0.29) is 17.5 Å². The van der Waals surface area contributed by atoms with Gasteiger partial charge in [0.15, 0.2) is 0 Å². The molecule has 0 unspecified atom stereocenters. The molecule has 1 aromatic rings. The molecule has 0 radical (unpaired) electrons. The Morgan fingerprint density at radius 2 is 1.91 bits per heavy atom. The smallest absolute Gasteiger partial charge is 0.407 e. The molecule has 1 aliphatic rings. The lowest BCUT2D eigenvalue weighted by Gasteiger charge is -2.26. The van der Waals surface area contributed by atoms with Crippen LogP contribution in [0.3, 0.4) is 0 Å². The van der Waals surface area contributed by atoms with Crippen LogP contribution in [0.25, 0.3) is 0 Å². The Morgan fingerprint density at radius 3 is 2.50 bits per heavy atom. The van der Waals surface area contributed by atoms with Gasteiger partial charge in [0.05, 0.1) is 12.0 Å². The highest BCUT2D eigenvalue weighted by Gasteiger charge is 2.24. The molecule has 1 atom stereocenters. The van der Waals surface area contributed by atoms with Crippen molar-refractivity contribution in [2.24, 2.45) is 0 Å². The van der Waals surface area contributed by atoms with Crippen LogP contribution in [0, 0.1) is 0 Å². The van der Waals surface area contributed by atoms with E-state index in [9.17, 15) is 13.2 Å². The van der Waals surface area contributed by atoms with Crippen LogP contribution in [0.5, 0.6) is 5.75 Å². The van der Waals surface area contributed by atoms with E-state index in [1.54, 1.807) is 39.0 Å². The van der Waals surface area contributed by atoms with Gasteiger partial charge in [-0.3, -0.25) is 0 Å². The second kappa shape index (κ2) is 12.0. The van der Waals surface area contributed by atoms with Gasteiger partial charge in [-0.25, -0.2) is 17.5 Å². The van der Waals surface area contributed by atoms with E-state index in [4.69, 9.17) is 9.47 Å². The zero-order chi connectivity index (χ0) is 25.4. The molecule has 0 heterocycles. The Bertz CT molecular complexity index is 1050. The Hall–Kier alpha value is -2.84. The Balaban J connectivity index is 2.13. The molecule has 0 bridgehead atoms. The van der Waals surface area contributed by atoms with Crippen LogP contribution in [-0.2, 0) is 14.8 Å². The van der Waals surface area contributed by atoms with Crippen LogP contribution in [-0.4, -0.2) is 51.2 Å². The molecule has 34 heavy (non-hydrogen) atoms. The number of sulfonamides is 1. The lowest BCUT2D eigenvalue weighted by Crippen LogP contribution is -2.41. The van der Waals surface area contributed by atoms with E-state index >= 15 is 0 Å². The number of ether oxygens (including phenoxy) is 2.